The van der Waals surface area contributed by atoms with Crippen molar-refractivity contribution >= 4 is 5.78 Å². The topological polar surface area (TPSA) is 98.0 Å². The van der Waals surface area contributed by atoms with Gasteiger partial charge in [-0.2, -0.15) is 0 Å². The number of hydrogen-bond acceptors (Lipinski definition) is 5. The van der Waals surface area contributed by atoms with Crippen LogP contribution in [0.15, 0.2) is 0 Å². The van der Waals surface area contributed by atoms with E-state index in [1.807, 2.05) is 6.92 Å². The van der Waals surface area contributed by atoms with Gasteiger partial charge in [0.25, 0.3) is 0 Å². The molecule has 0 aliphatic heterocycles. The summed E-state index contributed by atoms with van der Waals surface area (Å²) in [5, 5.41) is 42.7. The van der Waals surface area contributed by atoms with E-state index in [2.05, 4.69) is 20.8 Å². The molecule has 0 aromatic carbocycles. The molecular weight excluding hydrogens is 344 g/mol. The molecule has 4 rings (SSSR count). The van der Waals surface area contributed by atoms with Crippen LogP contribution in [0.5, 0.6) is 0 Å². The molecule has 10 unspecified atom stereocenters. The molecule has 0 radical (unpaired) electrons. The fraction of sp³-hybridized carbons (Fsp3) is 0.955. The average molecular weight is 381 g/mol. The summed E-state index contributed by atoms with van der Waals surface area (Å²) in [5.74, 6) is 0.0975. The normalized spacial score (nSPS) is 60.5. The molecule has 0 heterocycles. The van der Waals surface area contributed by atoms with Gasteiger partial charge in [-0.15, -0.1) is 0 Å². The van der Waals surface area contributed by atoms with Crippen LogP contribution in [-0.2, 0) is 4.79 Å². The third-order valence-corrected chi connectivity index (χ3v) is 10.3. The highest BCUT2D eigenvalue weighted by Gasteiger charge is 2.72. The first-order valence-corrected chi connectivity index (χ1v) is 10.6. The van der Waals surface area contributed by atoms with Gasteiger partial charge in [-0.25, -0.2) is 0 Å². The number of carbonyl (C=O) groups is 1. The molecular formula is C22H36O5. The monoisotopic (exact) mass is 380 g/mol. The number of ketones is 1. The average Bonchev–Trinajstić information content (AvgIpc) is 2.85. The Morgan fingerprint density at radius 3 is 2.22 bits per heavy atom. The number of carbonyl (C=O) groups excluding carboxylic acids is 1. The highest BCUT2D eigenvalue weighted by atomic mass is 16.3. The summed E-state index contributed by atoms with van der Waals surface area (Å²) < 4.78 is 0. The molecule has 4 aliphatic rings. The zero-order chi connectivity index (χ0) is 20.0. The van der Waals surface area contributed by atoms with E-state index >= 15 is 0 Å². The molecule has 0 spiro atoms. The van der Waals surface area contributed by atoms with E-state index in [9.17, 15) is 25.2 Å². The van der Waals surface area contributed by atoms with Gasteiger partial charge in [0.05, 0.1) is 30.3 Å². The van der Waals surface area contributed by atoms with Gasteiger partial charge in [-0.3, -0.25) is 4.79 Å². The number of fused-ring (bicyclic) bond motifs is 5. The summed E-state index contributed by atoms with van der Waals surface area (Å²) in [7, 11) is 0. The Morgan fingerprint density at radius 1 is 0.963 bits per heavy atom. The molecule has 5 heteroatoms. The maximum absolute atomic E-state index is 12.7. The molecule has 154 valence electrons. The molecule has 10 atom stereocenters. The lowest BCUT2D eigenvalue weighted by atomic mass is 9.35. The molecule has 0 aromatic rings. The summed E-state index contributed by atoms with van der Waals surface area (Å²) in [6.45, 7) is 8.34. The van der Waals surface area contributed by atoms with E-state index in [1.165, 1.54) is 0 Å². The van der Waals surface area contributed by atoms with Crippen LogP contribution >= 0.6 is 0 Å². The third kappa shape index (κ3) is 2.12. The van der Waals surface area contributed by atoms with Crippen LogP contribution in [0.3, 0.4) is 0 Å². The van der Waals surface area contributed by atoms with Gasteiger partial charge in [0.15, 0.2) is 0 Å². The van der Waals surface area contributed by atoms with Crippen LogP contribution in [-0.4, -0.2) is 51.1 Å². The highest BCUT2D eigenvalue weighted by Crippen LogP contribution is 2.74. The first kappa shape index (κ1) is 19.8. The van der Waals surface area contributed by atoms with Crippen molar-refractivity contribution < 1.29 is 25.2 Å². The van der Waals surface area contributed by atoms with Gasteiger partial charge in [-0.05, 0) is 48.3 Å². The minimum absolute atomic E-state index is 0.0881. The Hall–Kier alpha value is -0.490. The molecule has 5 nitrogen and oxygen atoms in total. The number of rotatable bonds is 1. The van der Waals surface area contributed by atoms with E-state index in [0.29, 0.717) is 19.3 Å². The molecule has 4 N–H and O–H groups in total. The molecule has 0 bridgehead atoms. The summed E-state index contributed by atoms with van der Waals surface area (Å²) in [6.07, 6.45) is 1.92. The Balaban J connectivity index is 1.82. The smallest absolute Gasteiger partial charge is 0.141 e. The Kier molecular flexibility index (Phi) is 4.24. The minimum Gasteiger partial charge on any atom is -0.395 e. The quantitative estimate of drug-likeness (QED) is 0.557. The van der Waals surface area contributed by atoms with Gasteiger partial charge >= 0.3 is 0 Å². The van der Waals surface area contributed by atoms with E-state index in [-0.39, 0.29) is 41.0 Å². The fourth-order valence-electron chi connectivity index (χ4n) is 8.60. The first-order valence-electron chi connectivity index (χ1n) is 10.6. The first-order chi connectivity index (χ1) is 12.5. The molecule has 4 saturated carbocycles. The molecule has 4 fully saturated rings. The predicted molar refractivity (Wildman–Crippen MR) is 101 cm³/mol. The molecule has 0 amide bonds. The van der Waals surface area contributed by atoms with Crippen molar-refractivity contribution in [2.75, 3.05) is 6.61 Å². The second-order valence-corrected chi connectivity index (χ2v) is 11.0. The number of Topliss-reactive ketones (excluding diaryl/α,β-unsaturated/α-hetero) is 1. The van der Waals surface area contributed by atoms with Gasteiger partial charge < -0.3 is 20.4 Å². The van der Waals surface area contributed by atoms with Crippen molar-refractivity contribution in [3.05, 3.63) is 0 Å². The van der Waals surface area contributed by atoms with Gasteiger partial charge in [-0.1, -0.05) is 27.7 Å². The lowest BCUT2D eigenvalue weighted by Crippen LogP contribution is -2.68. The van der Waals surface area contributed by atoms with Crippen molar-refractivity contribution in [1.82, 2.24) is 0 Å². The molecule has 0 aromatic heterocycles. The van der Waals surface area contributed by atoms with Crippen LogP contribution in [0.25, 0.3) is 0 Å². The second kappa shape index (κ2) is 5.78. The van der Waals surface area contributed by atoms with Crippen LogP contribution in [0.2, 0.25) is 0 Å². The van der Waals surface area contributed by atoms with Crippen molar-refractivity contribution in [2.24, 2.45) is 39.4 Å². The van der Waals surface area contributed by atoms with Crippen LogP contribution in [0.1, 0.15) is 66.2 Å². The van der Waals surface area contributed by atoms with Crippen molar-refractivity contribution in [3.63, 3.8) is 0 Å². The van der Waals surface area contributed by atoms with E-state index < -0.39 is 29.1 Å². The summed E-state index contributed by atoms with van der Waals surface area (Å²) in [4.78, 5) is 12.7. The zero-order valence-corrected chi connectivity index (χ0v) is 17.1. The third-order valence-electron chi connectivity index (χ3n) is 10.3. The van der Waals surface area contributed by atoms with E-state index in [4.69, 9.17) is 0 Å². The lowest BCUT2D eigenvalue weighted by molar-refractivity contribution is -0.247. The standard InChI is InChI=1S/C22H36O5/c1-19-7-6-16(26)20(2,11-23)14(19)5-8-21(3)15(19)9-12(24)18-13(25)10-17(27)22(18,21)4/h12-15,17-18,23-25,27H,5-11H2,1-4H3. The summed E-state index contributed by atoms with van der Waals surface area (Å²) in [6, 6.07) is 0. The molecule has 27 heavy (non-hydrogen) atoms. The summed E-state index contributed by atoms with van der Waals surface area (Å²) >= 11 is 0. The second-order valence-electron chi connectivity index (χ2n) is 11.0. The van der Waals surface area contributed by atoms with Crippen molar-refractivity contribution in [2.45, 2.75) is 84.5 Å². The number of hydrogen-bond donors (Lipinski definition) is 4. The van der Waals surface area contributed by atoms with Crippen molar-refractivity contribution in [1.29, 1.82) is 0 Å². The fourth-order valence-corrected chi connectivity index (χ4v) is 8.60. The van der Waals surface area contributed by atoms with Gasteiger partial charge in [0, 0.05) is 24.2 Å². The van der Waals surface area contributed by atoms with Gasteiger partial charge in [0.2, 0.25) is 0 Å². The van der Waals surface area contributed by atoms with Crippen LogP contribution in [0, 0.1) is 39.4 Å². The Labute approximate surface area is 162 Å². The number of aliphatic hydroxyl groups excluding tert-OH is 4. The highest BCUT2D eigenvalue weighted by molar-refractivity contribution is 5.86. The van der Waals surface area contributed by atoms with E-state index in [1.54, 1.807) is 0 Å². The van der Waals surface area contributed by atoms with Gasteiger partial charge in [0.1, 0.15) is 5.78 Å². The number of aliphatic hydroxyl groups is 4. The van der Waals surface area contributed by atoms with E-state index in [0.717, 1.165) is 19.3 Å². The Morgan fingerprint density at radius 2 is 1.59 bits per heavy atom. The lowest BCUT2D eigenvalue weighted by Gasteiger charge is -2.69. The molecule has 4 aliphatic carbocycles. The van der Waals surface area contributed by atoms with Crippen LogP contribution in [0.4, 0.5) is 0 Å². The SMILES string of the molecule is CC1(CO)C(=O)CCC2(C)C1CCC1(C)C2CC(O)C2C(O)CC(O)C21C. The van der Waals surface area contributed by atoms with Crippen LogP contribution < -0.4 is 0 Å². The predicted octanol–water partition coefficient (Wildman–Crippen LogP) is 1.90. The minimum atomic E-state index is -0.717. The summed E-state index contributed by atoms with van der Waals surface area (Å²) in [5.41, 5.74) is -1.64. The zero-order valence-electron chi connectivity index (χ0n) is 17.1. The maximum Gasteiger partial charge on any atom is 0.141 e. The van der Waals surface area contributed by atoms with Crippen molar-refractivity contribution in [3.8, 4) is 0 Å². The molecule has 0 saturated heterocycles. The largest absolute Gasteiger partial charge is 0.395 e. The Bertz CT molecular complexity index is 651. The maximum atomic E-state index is 12.7.